The Labute approximate surface area is 85.0 Å². The zero-order valence-electron chi connectivity index (χ0n) is 7.17. The van der Waals surface area contributed by atoms with Crippen LogP contribution in [0.15, 0.2) is 24.8 Å². The van der Waals surface area contributed by atoms with E-state index in [0.29, 0.717) is 5.57 Å². The number of allylic oxidation sites excluding steroid dienone is 1. The Kier molecular flexibility index (Phi) is 3.19. The van der Waals surface area contributed by atoms with Gasteiger partial charge in [0.2, 0.25) is 0 Å². The molecule has 0 atom stereocenters. The van der Waals surface area contributed by atoms with Crippen molar-refractivity contribution in [1.29, 1.82) is 0 Å². The van der Waals surface area contributed by atoms with Crippen molar-refractivity contribution in [2.45, 2.75) is 0 Å². The van der Waals surface area contributed by atoms with Gasteiger partial charge in [-0.15, -0.1) is 11.6 Å². The summed E-state index contributed by atoms with van der Waals surface area (Å²) in [5.74, 6) is -0.584. The SMILES string of the molecule is C=C(CCl)c1ccc([N+](=O)[O-])cc1F. The lowest BCUT2D eigenvalue weighted by molar-refractivity contribution is -0.385. The molecule has 0 saturated heterocycles. The fourth-order valence-electron chi connectivity index (χ4n) is 0.976. The molecule has 0 aliphatic carbocycles. The highest BCUT2D eigenvalue weighted by molar-refractivity contribution is 6.23. The van der Waals surface area contributed by atoms with Gasteiger partial charge >= 0.3 is 0 Å². The largest absolute Gasteiger partial charge is 0.272 e. The molecule has 0 N–H and O–H groups in total. The van der Waals surface area contributed by atoms with Gasteiger partial charge in [0, 0.05) is 17.5 Å². The van der Waals surface area contributed by atoms with Crippen LogP contribution in [0.25, 0.3) is 5.57 Å². The van der Waals surface area contributed by atoms with E-state index >= 15 is 0 Å². The summed E-state index contributed by atoms with van der Waals surface area (Å²) in [4.78, 5) is 9.64. The lowest BCUT2D eigenvalue weighted by Crippen LogP contribution is -1.93. The molecule has 0 aliphatic rings. The second-order valence-corrected chi connectivity index (χ2v) is 2.93. The average Bonchev–Trinajstić information content (AvgIpc) is 2.16. The molecule has 1 aromatic rings. The van der Waals surface area contributed by atoms with Crippen LogP contribution in [0.5, 0.6) is 0 Å². The molecule has 5 heteroatoms. The number of rotatable bonds is 3. The highest BCUT2D eigenvalue weighted by Crippen LogP contribution is 2.22. The summed E-state index contributed by atoms with van der Waals surface area (Å²) in [5, 5.41) is 10.3. The summed E-state index contributed by atoms with van der Waals surface area (Å²) in [6, 6.07) is 3.38. The van der Waals surface area contributed by atoms with Crippen LogP contribution in [0.4, 0.5) is 10.1 Å². The van der Waals surface area contributed by atoms with Crippen LogP contribution in [0.3, 0.4) is 0 Å². The normalized spacial score (nSPS) is 9.86. The van der Waals surface area contributed by atoms with Crippen molar-refractivity contribution in [3.8, 4) is 0 Å². The number of nitro benzene ring substituents is 1. The number of nitrogens with zero attached hydrogens (tertiary/aromatic N) is 1. The maximum Gasteiger partial charge on any atom is 0.272 e. The third-order valence-corrected chi connectivity index (χ3v) is 2.03. The maximum absolute atomic E-state index is 13.2. The summed E-state index contributed by atoms with van der Waals surface area (Å²) in [5.41, 5.74) is 0.332. The third kappa shape index (κ3) is 2.09. The highest BCUT2D eigenvalue weighted by Gasteiger charge is 2.11. The Morgan fingerprint density at radius 3 is 2.71 bits per heavy atom. The summed E-state index contributed by atoms with van der Waals surface area (Å²) in [6.45, 7) is 3.54. The van der Waals surface area contributed by atoms with Crippen molar-refractivity contribution in [1.82, 2.24) is 0 Å². The van der Waals surface area contributed by atoms with Gasteiger partial charge in [0.1, 0.15) is 5.82 Å². The summed E-state index contributed by atoms with van der Waals surface area (Å²) >= 11 is 5.46. The number of alkyl halides is 1. The molecule has 0 unspecified atom stereocenters. The first-order valence-electron chi connectivity index (χ1n) is 3.74. The van der Waals surface area contributed by atoms with E-state index in [9.17, 15) is 14.5 Å². The predicted octanol–water partition coefficient (Wildman–Crippen LogP) is 2.99. The van der Waals surface area contributed by atoms with Crippen LogP contribution in [-0.2, 0) is 0 Å². The number of halogens is 2. The van der Waals surface area contributed by atoms with Crippen molar-refractivity contribution in [2.24, 2.45) is 0 Å². The molecule has 0 saturated carbocycles. The van der Waals surface area contributed by atoms with Crippen molar-refractivity contribution < 1.29 is 9.31 Å². The van der Waals surface area contributed by atoms with Gasteiger partial charge < -0.3 is 0 Å². The minimum absolute atomic E-state index is 0.0920. The van der Waals surface area contributed by atoms with E-state index in [1.165, 1.54) is 12.1 Å². The fraction of sp³-hybridized carbons (Fsp3) is 0.111. The zero-order valence-corrected chi connectivity index (χ0v) is 7.92. The number of hydrogen-bond donors (Lipinski definition) is 0. The van der Waals surface area contributed by atoms with Gasteiger partial charge in [-0.2, -0.15) is 0 Å². The molecule has 0 fully saturated rings. The molecule has 0 radical (unpaired) electrons. The smallest absolute Gasteiger partial charge is 0.258 e. The van der Waals surface area contributed by atoms with E-state index in [0.717, 1.165) is 6.07 Å². The Hall–Kier alpha value is -1.42. The minimum atomic E-state index is -0.676. The van der Waals surface area contributed by atoms with Gasteiger partial charge in [0.15, 0.2) is 0 Å². The molecule has 0 amide bonds. The average molecular weight is 216 g/mol. The van der Waals surface area contributed by atoms with Gasteiger partial charge in [-0.05, 0) is 11.6 Å². The minimum Gasteiger partial charge on any atom is -0.258 e. The van der Waals surface area contributed by atoms with E-state index in [2.05, 4.69) is 6.58 Å². The van der Waals surface area contributed by atoms with Gasteiger partial charge in [0.25, 0.3) is 5.69 Å². The van der Waals surface area contributed by atoms with E-state index in [4.69, 9.17) is 11.6 Å². The summed E-state index contributed by atoms with van der Waals surface area (Å²) in [6.07, 6.45) is 0. The topological polar surface area (TPSA) is 43.1 Å². The molecule has 74 valence electrons. The van der Waals surface area contributed by atoms with Crippen LogP contribution in [0.1, 0.15) is 5.56 Å². The molecular weight excluding hydrogens is 209 g/mol. The van der Waals surface area contributed by atoms with Crippen LogP contribution < -0.4 is 0 Å². The fourth-order valence-corrected chi connectivity index (χ4v) is 1.12. The third-order valence-electron chi connectivity index (χ3n) is 1.71. The van der Waals surface area contributed by atoms with Crippen molar-refractivity contribution in [3.05, 3.63) is 46.3 Å². The quantitative estimate of drug-likeness (QED) is 0.442. The number of non-ortho nitro benzene ring substituents is 1. The molecule has 0 aliphatic heterocycles. The van der Waals surface area contributed by atoms with E-state index in [-0.39, 0.29) is 17.1 Å². The number of benzene rings is 1. The molecule has 14 heavy (non-hydrogen) atoms. The van der Waals surface area contributed by atoms with Gasteiger partial charge in [-0.1, -0.05) is 6.58 Å². The molecule has 0 heterocycles. The first-order valence-corrected chi connectivity index (χ1v) is 4.27. The molecule has 0 aromatic heterocycles. The van der Waals surface area contributed by atoms with E-state index < -0.39 is 10.7 Å². The molecule has 0 spiro atoms. The first-order chi connectivity index (χ1) is 6.56. The number of hydrogen-bond acceptors (Lipinski definition) is 2. The summed E-state index contributed by atoms with van der Waals surface area (Å²) < 4.78 is 13.2. The lowest BCUT2D eigenvalue weighted by Gasteiger charge is -2.02. The van der Waals surface area contributed by atoms with Crippen LogP contribution in [0.2, 0.25) is 0 Å². The molecule has 1 rings (SSSR count). The molecule has 3 nitrogen and oxygen atoms in total. The van der Waals surface area contributed by atoms with Gasteiger partial charge in [-0.3, -0.25) is 10.1 Å². The lowest BCUT2D eigenvalue weighted by atomic mass is 10.1. The second-order valence-electron chi connectivity index (χ2n) is 2.66. The zero-order chi connectivity index (χ0) is 10.7. The monoisotopic (exact) mass is 215 g/mol. The molecule has 1 aromatic carbocycles. The molecule has 0 bridgehead atoms. The molecular formula is C9H7ClFNO2. The number of nitro groups is 1. The Morgan fingerprint density at radius 2 is 2.29 bits per heavy atom. The van der Waals surface area contributed by atoms with Crippen LogP contribution in [0, 0.1) is 15.9 Å². The first kappa shape index (κ1) is 10.7. The van der Waals surface area contributed by atoms with Crippen LogP contribution in [-0.4, -0.2) is 10.8 Å². The Bertz CT molecular complexity index is 392. The maximum atomic E-state index is 13.2. The Morgan fingerprint density at radius 1 is 1.64 bits per heavy atom. The predicted molar refractivity (Wildman–Crippen MR) is 52.8 cm³/mol. The van der Waals surface area contributed by atoms with Crippen LogP contribution >= 0.6 is 11.6 Å². The van der Waals surface area contributed by atoms with Gasteiger partial charge in [0.05, 0.1) is 11.0 Å². The van der Waals surface area contributed by atoms with E-state index in [1.807, 2.05) is 0 Å². The highest BCUT2D eigenvalue weighted by atomic mass is 35.5. The Balaban J connectivity index is 3.14. The van der Waals surface area contributed by atoms with Crippen molar-refractivity contribution in [3.63, 3.8) is 0 Å². The van der Waals surface area contributed by atoms with Gasteiger partial charge in [-0.25, -0.2) is 4.39 Å². The standard InChI is InChI=1S/C9H7ClFNO2/c1-6(5-10)8-3-2-7(12(13)14)4-9(8)11/h2-4H,1,5H2. The summed E-state index contributed by atoms with van der Waals surface area (Å²) in [7, 11) is 0. The van der Waals surface area contributed by atoms with Crippen molar-refractivity contribution in [2.75, 3.05) is 5.88 Å². The second kappa shape index (κ2) is 4.19. The van der Waals surface area contributed by atoms with E-state index in [1.54, 1.807) is 0 Å². The van der Waals surface area contributed by atoms with Crippen molar-refractivity contribution >= 4 is 22.9 Å².